The Bertz CT molecular complexity index is 1100. The van der Waals surface area contributed by atoms with E-state index in [-0.39, 0.29) is 0 Å². The number of aromatic nitrogens is 1. The summed E-state index contributed by atoms with van der Waals surface area (Å²) >= 11 is 5.37. The number of thiocarbonyl (C=S) groups is 1. The van der Waals surface area contributed by atoms with Gasteiger partial charge in [-0.3, -0.25) is 0 Å². The van der Waals surface area contributed by atoms with E-state index in [1.807, 2.05) is 18.2 Å². The van der Waals surface area contributed by atoms with Crippen LogP contribution in [0, 0.1) is 25.2 Å². The number of pyridine rings is 1. The maximum Gasteiger partial charge on any atom is 0.170 e. The number of nitrogens with one attached hydrogen (secondary N) is 3. The van der Waals surface area contributed by atoms with Gasteiger partial charge in [-0.05, 0) is 85.9 Å². The molecule has 1 heterocycles. The van der Waals surface area contributed by atoms with E-state index in [9.17, 15) is 5.26 Å². The van der Waals surface area contributed by atoms with E-state index in [4.69, 9.17) is 12.2 Å². The molecule has 3 aromatic rings. The highest BCUT2D eigenvalue weighted by molar-refractivity contribution is 7.80. The lowest BCUT2D eigenvalue weighted by Gasteiger charge is -2.13. The summed E-state index contributed by atoms with van der Waals surface area (Å²) < 4.78 is 0. The molecule has 0 aliphatic heterocycles. The minimum Gasteiger partial charge on any atom is -0.369 e. The van der Waals surface area contributed by atoms with Gasteiger partial charge in [-0.1, -0.05) is 19.1 Å². The van der Waals surface area contributed by atoms with Crippen molar-refractivity contribution in [3.05, 3.63) is 64.7 Å². The number of hydrogen-bond donors (Lipinski definition) is 3. The zero-order chi connectivity index (χ0) is 21.5. The third-order valence-electron chi connectivity index (χ3n) is 5.10. The summed E-state index contributed by atoms with van der Waals surface area (Å²) in [5.74, 6) is 0.630. The van der Waals surface area contributed by atoms with Crippen LogP contribution in [0.15, 0.2) is 42.5 Å². The van der Waals surface area contributed by atoms with Gasteiger partial charge in [0.05, 0.1) is 11.1 Å². The molecular weight excluding hydrogens is 390 g/mol. The molecule has 0 fully saturated rings. The molecule has 0 radical (unpaired) electrons. The first-order chi connectivity index (χ1) is 14.5. The van der Waals surface area contributed by atoms with Gasteiger partial charge in [0, 0.05) is 24.2 Å². The topological polar surface area (TPSA) is 72.8 Å². The largest absolute Gasteiger partial charge is 0.369 e. The van der Waals surface area contributed by atoms with Crippen LogP contribution in [-0.2, 0) is 6.42 Å². The van der Waals surface area contributed by atoms with Crippen LogP contribution >= 0.6 is 12.2 Å². The molecule has 3 N–H and O–H groups in total. The Morgan fingerprint density at radius 2 is 1.90 bits per heavy atom. The first-order valence-corrected chi connectivity index (χ1v) is 10.6. The standard InChI is InChI=1S/C24H27N5S/c1-4-18-7-9-22-19(13-18)14-20(15-25)23(29-22)26-10-5-11-27-24(30)28-21-8-6-16(2)17(3)12-21/h6-9,12-14H,4-5,10-11H2,1-3H3,(H,26,29)(H2,27,28,30). The number of rotatable bonds is 7. The molecule has 0 unspecified atom stereocenters. The van der Waals surface area contributed by atoms with Gasteiger partial charge in [-0.15, -0.1) is 0 Å². The van der Waals surface area contributed by atoms with E-state index in [1.165, 1.54) is 16.7 Å². The normalized spacial score (nSPS) is 10.5. The van der Waals surface area contributed by atoms with Crippen LogP contribution in [-0.4, -0.2) is 23.2 Å². The molecule has 0 spiro atoms. The molecule has 0 aliphatic rings. The van der Waals surface area contributed by atoms with Gasteiger partial charge in [0.1, 0.15) is 11.9 Å². The Kier molecular flexibility index (Phi) is 7.21. The lowest BCUT2D eigenvalue weighted by molar-refractivity contribution is 0.807. The van der Waals surface area contributed by atoms with Crippen LogP contribution < -0.4 is 16.0 Å². The molecule has 2 aromatic carbocycles. The molecule has 0 bridgehead atoms. The number of nitrogens with zero attached hydrogens (tertiary/aromatic N) is 2. The van der Waals surface area contributed by atoms with Crippen molar-refractivity contribution in [1.82, 2.24) is 10.3 Å². The number of anilines is 2. The Balaban J connectivity index is 1.50. The van der Waals surface area contributed by atoms with Crippen molar-refractivity contribution >= 4 is 39.7 Å². The summed E-state index contributed by atoms with van der Waals surface area (Å²) in [6.07, 6.45) is 1.80. The van der Waals surface area contributed by atoms with Gasteiger partial charge >= 0.3 is 0 Å². The maximum atomic E-state index is 9.49. The van der Waals surface area contributed by atoms with Gasteiger partial charge in [0.2, 0.25) is 0 Å². The van der Waals surface area contributed by atoms with E-state index < -0.39 is 0 Å². The predicted molar refractivity (Wildman–Crippen MR) is 129 cm³/mol. The van der Waals surface area contributed by atoms with Crippen LogP contribution in [0.4, 0.5) is 11.5 Å². The molecule has 0 aliphatic carbocycles. The third kappa shape index (κ3) is 5.46. The molecule has 154 valence electrons. The summed E-state index contributed by atoms with van der Waals surface area (Å²) in [4.78, 5) is 4.63. The summed E-state index contributed by atoms with van der Waals surface area (Å²) in [6, 6.07) is 16.5. The maximum absolute atomic E-state index is 9.49. The van der Waals surface area contributed by atoms with Crippen molar-refractivity contribution in [2.24, 2.45) is 0 Å². The Labute approximate surface area is 183 Å². The van der Waals surface area contributed by atoms with Crippen LogP contribution in [0.25, 0.3) is 10.9 Å². The zero-order valence-corrected chi connectivity index (χ0v) is 18.5. The summed E-state index contributed by atoms with van der Waals surface area (Å²) in [7, 11) is 0. The second kappa shape index (κ2) is 10.0. The SMILES string of the molecule is CCc1ccc2nc(NCCCNC(=S)Nc3ccc(C)c(C)c3)c(C#N)cc2c1. The van der Waals surface area contributed by atoms with Crippen molar-refractivity contribution < 1.29 is 0 Å². The van der Waals surface area contributed by atoms with Crippen molar-refractivity contribution in [3.63, 3.8) is 0 Å². The first-order valence-electron chi connectivity index (χ1n) is 10.2. The van der Waals surface area contributed by atoms with E-state index in [1.54, 1.807) is 0 Å². The summed E-state index contributed by atoms with van der Waals surface area (Å²) in [5, 5.41) is 20.8. The van der Waals surface area contributed by atoms with Crippen molar-refractivity contribution in [2.45, 2.75) is 33.6 Å². The molecule has 3 rings (SSSR count). The van der Waals surface area contributed by atoms with Crippen molar-refractivity contribution in [3.8, 4) is 6.07 Å². The number of nitriles is 1. The number of hydrogen-bond acceptors (Lipinski definition) is 4. The van der Waals surface area contributed by atoms with Crippen LogP contribution in [0.3, 0.4) is 0 Å². The van der Waals surface area contributed by atoms with Crippen LogP contribution in [0.1, 0.15) is 35.6 Å². The van der Waals surface area contributed by atoms with Gasteiger partial charge < -0.3 is 16.0 Å². The van der Waals surface area contributed by atoms with Crippen molar-refractivity contribution in [1.29, 1.82) is 5.26 Å². The van der Waals surface area contributed by atoms with Gasteiger partial charge in [0.25, 0.3) is 0 Å². The number of benzene rings is 2. The van der Waals surface area contributed by atoms with Crippen molar-refractivity contribution in [2.75, 3.05) is 23.7 Å². The zero-order valence-electron chi connectivity index (χ0n) is 17.7. The van der Waals surface area contributed by atoms with E-state index >= 15 is 0 Å². The first kappa shape index (κ1) is 21.5. The monoisotopic (exact) mass is 417 g/mol. The second-order valence-electron chi connectivity index (χ2n) is 7.34. The molecular formula is C24H27N5S. The Morgan fingerprint density at radius 3 is 2.63 bits per heavy atom. The lowest BCUT2D eigenvalue weighted by atomic mass is 10.1. The van der Waals surface area contributed by atoms with E-state index in [0.717, 1.165) is 36.0 Å². The van der Waals surface area contributed by atoms with Gasteiger partial charge in [-0.25, -0.2) is 4.98 Å². The third-order valence-corrected chi connectivity index (χ3v) is 5.35. The molecule has 0 amide bonds. The predicted octanol–water partition coefficient (Wildman–Crippen LogP) is 5.07. The molecule has 5 nitrogen and oxygen atoms in total. The van der Waals surface area contributed by atoms with E-state index in [0.29, 0.717) is 23.0 Å². The average Bonchev–Trinajstić information content (AvgIpc) is 2.75. The molecule has 1 aromatic heterocycles. The van der Waals surface area contributed by atoms with E-state index in [2.05, 4.69) is 72.0 Å². The Morgan fingerprint density at radius 1 is 1.07 bits per heavy atom. The molecule has 30 heavy (non-hydrogen) atoms. The summed E-state index contributed by atoms with van der Waals surface area (Å²) in [6.45, 7) is 7.71. The molecule has 0 atom stereocenters. The number of aryl methyl sites for hydroxylation is 3. The van der Waals surface area contributed by atoms with Crippen LogP contribution in [0.2, 0.25) is 0 Å². The number of fused-ring (bicyclic) bond motifs is 1. The molecule has 0 saturated carbocycles. The fraction of sp³-hybridized carbons (Fsp3) is 0.292. The highest BCUT2D eigenvalue weighted by Gasteiger charge is 2.07. The highest BCUT2D eigenvalue weighted by atomic mass is 32.1. The van der Waals surface area contributed by atoms with Crippen LogP contribution in [0.5, 0.6) is 0 Å². The minimum absolute atomic E-state index is 0.565. The quantitative estimate of drug-likeness (QED) is 0.368. The molecule has 6 heteroatoms. The summed E-state index contributed by atoms with van der Waals surface area (Å²) in [5.41, 5.74) is 6.18. The highest BCUT2D eigenvalue weighted by Crippen LogP contribution is 2.21. The lowest BCUT2D eigenvalue weighted by Crippen LogP contribution is -2.30. The fourth-order valence-corrected chi connectivity index (χ4v) is 3.38. The fourth-order valence-electron chi connectivity index (χ4n) is 3.16. The molecule has 0 saturated heterocycles. The van der Waals surface area contributed by atoms with Gasteiger partial charge in [-0.2, -0.15) is 5.26 Å². The van der Waals surface area contributed by atoms with Gasteiger partial charge in [0.15, 0.2) is 5.11 Å². The second-order valence-corrected chi connectivity index (χ2v) is 7.75. The smallest absolute Gasteiger partial charge is 0.170 e. The minimum atomic E-state index is 0.565. The Hall–Kier alpha value is -3.17. The average molecular weight is 418 g/mol.